The zero-order chi connectivity index (χ0) is 12.3. The van der Waals surface area contributed by atoms with E-state index in [2.05, 4.69) is 34.3 Å². The van der Waals surface area contributed by atoms with Crippen LogP contribution in [-0.4, -0.2) is 11.9 Å². The lowest BCUT2D eigenvalue weighted by atomic mass is 10.1. The molecule has 0 saturated carbocycles. The van der Waals surface area contributed by atoms with Crippen molar-refractivity contribution in [3.63, 3.8) is 0 Å². The number of benzene rings is 2. The minimum Gasteiger partial charge on any atom is -0.259 e. The van der Waals surface area contributed by atoms with E-state index < -0.39 is 0 Å². The highest BCUT2D eigenvalue weighted by molar-refractivity contribution is 5.93. The minimum atomic E-state index is 0.924. The van der Waals surface area contributed by atoms with Crippen LogP contribution in [0.1, 0.15) is 20.8 Å². The second kappa shape index (κ2) is 4.91. The number of hydrogen-bond donors (Lipinski definition) is 0. The molecule has 0 saturated heterocycles. The van der Waals surface area contributed by atoms with Crippen LogP contribution in [0.15, 0.2) is 46.4 Å². The smallest absolute Gasteiger partial charge is 0.0891 e. The lowest BCUT2D eigenvalue weighted by Crippen LogP contribution is -1.80. The van der Waals surface area contributed by atoms with Crippen LogP contribution in [0.25, 0.3) is 10.8 Å². The monoisotopic (exact) mass is 224 g/mol. The van der Waals surface area contributed by atoms with Gasteiger partial charge in [0.2, 0.25) is 0 Å². The van der Waals surface area contributed by atoms with Gasteiger partial charge in [0.1, 0.15) is 0 Å². The third-order valence-corrected chi connectivity index (χ3v) is 2.46. The Labute approximate surface area is 102 Å². The van der Waals surface area contributed by atoms with Gasteiger partial charge in [-0.2, -0.15) is 0 Å². The molecule has 2 heteroatoms. The van der Waals surface area contributed by atoms with Crippen LogP contribution in [-0.2, 0) is 0 Å². The van der Waals surface area contributed by atoms with Crippen molar-refractivity contribution in [2.45, 2.75) is 20.8 Å². The normalized spacial score (nSPS) is 11.0. The van der Waals surface area contributed by atoms with E-state index in [0.717, 1.165) is 17.1 Å². The topological polar surface area (TPSA) is 24.7 Å². The molecular weight excluding hydrogens is 208 g/mol. The van der Waals surface area contributed by atoms with E-state index in [-0.39, 0.29) is 0 Å². The second-order valence-corrected chi connectivity index (χ2v) is 4.13. The standard InChI is InChI=1S/C15H16N2/c1-4-16-14-9-12-7-5-6-8-13(12)10-15(14)17-11(2)3/h4-10H,1-3H3/b16-4+. The zero-order valence-electron chi connectivity index (χ0n) is 10.4. The number of hydrogen-bond acceptors (Lipinski definition) is 2. The average molecular weight is 224 g/mol. The predicted molar refractivity (Wildman–Crippen MR) is 76.2 cm³/mol. The highest BCUT2D eigenvalue weighted by Crippen LogP contribution is 2.32. The summed E-state index contributed by atoms with van der Waals surface area (Å²) in [6, 6.07) is 12.4. The van der Waals surface area contributed by atoms with Crippen LogP contribution in [0.4, 0.5) is 11.4 Å². The largest absolute Gasteiger partial charge is 0.259 e. The van der Waals surface area contributed by atoms with E-state index >= 15 is 0 Å². The van der Waals surface area contributed by atoms with E-state index in [1.54, 1.807) is 6.21 Å². The molecular formula is C15H16N2. The summed E-state index contributed by atoms with van der Waals surface area (Å²) >= 11 is 0. The number of fused-ring (bicyclic) bond motifs is 1. The molecule has 0 aliphatic rings. The number of nitrogens with zero attached hydrogens (tertiary/aromatic N) is 2. The average Bonchev–Trinajstić information content (AvgIpc) is 2.29. The van der Waals surface area contributed by atoms with Gasteiger partial charge in [0.05, 0.1) is 11.4 Å². The third-order valence-electron chi connectivity index (χ3n) is 2.46. The molecule has 2 nitrogen and oxygen atoms in total. The van der Waals surface area contributed by atoms with Crippen LogP contribution < -0.4 is 0 Å². The summed E-state index contributed by atoms with van der Waals surface area (Å²) < 4.78 is 0. The van der Waals surface area contributed by atoms with E-state index in [4.69, 9.17) is 0 Å². The summed E-state index contributed by atoms with van der Waals surface area (Å²) in [5.74, 6) is 0. The van der Waals surface area contributed by atoms with Gasteiger partial charge in [0.15, 0.2) is 0 Å². The summed E-state index contributed by atoms with van der Waals surface area (Å²) in [5, 5.41) is 2.39. The molecule has 0 aliphatic heterocycles. The fraction of sp³-hybridized carbons (Fsp3) is 0.200. The van der Waals surface area contributed by atoms with Crippen molar-refractivity contribution >= 4 is 34.1 Å². The van der Waals surface area contributed by atoms with Gasteiger partial charge in [-0.1, -0.05) is 24.3 Å². The lowest BCUT2D eigenvalue weighted by molar-refractivity contribution is 1.44. The molecule has 0 bridgehead atoms. The summed E-state index contributed by atoms with van der Waals surface area (Å²) in [6.45, 7) is 5.91. The molecule has 0 atom stereocenters. The molecule has 0 aliphatic carbocycles. The summed E-state index contributed by atoms with van der Waals surface area (Å²) in [4.78, 5) is 8.91. The van der Waals surface area contributed by atoms with Crippen molar-refractivity contribution in [2.75, 3.05) is 0 Å². The van der Waals surface area contributed by atoms with E-state index in [9.17, 15) is 0 Å². The van der Waals surface area contributed by atoms with Gasteiger partial charge in [-0.05, 0) is 43.7 Å². The van der Waals surface area contributed by atoms with E-state index in [1.165, 1.54) is 10.8 Å². The molecule has 2 aromatic rings. The molecule has 0 amide bonds. The molecule has 0 N–H and O–H groups in total. The first-order valence-electron chi connectivity index (χ1n) is 5.74. The van der Waals surface area contributed by atoms with Crippen molar-refractivity contribution in [2.24, 2.45) is 9.98 Å². The Morgan fingerprint density at radius 2 is 1.59 bits per heavy atom. The minimum absolute atomic E-state index is 0.924. The molecule has 17 heavy (non-hydrogen) atoms. The molecule has 0 heterocycles. The van der Waals surface area contributed by atoms with Crippen LogP contribution in [0.3, 0.4) is 0 Å². The van der Waals surface area contributed by atoms with Crippen LogP contribution in [0.2, 0.25) is 0 Å². The summed E-state index contributed by atoms with van der Waals surface area (Å²) in [7, 11) is 0. The SMILES string of the molecule is C/C=N/c1cc2ccccc2cc1N=C(C)C. The van der Waals surface area contributed by atoms with Gasteiger partial charge in [-0.3, -0.25) is 9.98 Å². The maximum absolute atomic E-state index is 4.53. The van der Waals surface area contributed by atoms with Gasteiger partial charge >= 0.3 is 0 Å². The van der Waals surface area contributed by atoms with Crippen molar-refractivity contribution in [3.8, 4) is 0 Å². The molecule has 86 valence electrons. The summed E-state index contributed by atoms with van der Waals surface area (Å²) in [5.41, 5.74) is 2.89. The molecule has 0 fully saturated rings. The first kappa shape index (κ1) is 11.5. The molecule has 2 rings (SSSR count). The first-order valence-corrected chi connectivity index (χ1v) is 5.74. The Kier molecular flexibility index (Phi) is 3.33. The van der Waals surface area contributed by atoms with Crippen molar-refractivity contribution in [1.82, 2.24) is 0 Å². The van der Waals surface area contributed by atoms with Crippen molar-refractivity contribution in [1.29, 1.82) is 0 Å². The molecule has 0 spiro atoms. The Morgan fingerprint density at radius 1 is 1.00 bits per heavy atom. The maximum Gasteiger partial charge on any atom is 0.0891 e. The highest BCUT2D eigenvalue weighted by atomic mass is 14.8. The van der Waals surface area contributed by atoms with Gasteiger partial charge < -0.3 is 0 Å². The van der Waals surface area contributed by atoms with Crippen molar-refractivity contribution in [3.05, 3.63) is 36.4 Å². The highest BCUT2D eigenvalue weighted by Gasteiger charge is 2.02. The third kappa shape index (κ3) is 2.59. The van der Waals surface area contributed by atoms with E-state index in [1.807, 2.05) is 32.9 Å². The van der Waals surface area contributed by atoms with Gasteiger partial charge in [0, 0.05) is 11.9 Å². The van der Waals surface area contributed by atoms with Gasteiger partial charge in [0.25, 0.3) is 0 Å². The van der Waals surface area contributed by atoms with Gasteiger partial charge in [-0.15, -0.1) is 0 Å². The lowest BCUT2D eigenvalue weighted by Gasteiger charge is -2.04. The molecule has 0 radical (unpaired) electrons. The fourth-order valence-electron chi connectivity index (χ4n) is 1.79. The van der Waals surface area contributed by atoms with E-state index in [0.29, 0.717) is 0 Å². The fourth-order valence-corrected chi connectivity index (χ4v) is 1.79. The Morgan fingerprint density at radius 3 is 2.12 bits per heavy atom. The van der Waals surface area contributed by atoms with Crippen LogP contribution in [0.5, 0.6) is 0 Å². The molecule has 0 aromatic heterocycles. The Balaban J connectivity index is 2.70. The quantitative estimate of drug-likeness (QED) is 0.662. The van der Waals surface area contributed by atoms with Gasteiger partial charge in [-0.25, -0.2) is 0 Å². The van der Waals surface area contributed by atoms with Crippen LogP contribution in [0, 0.1) is 0 Å². The number of rotatable bonds is 2. The predicted octanol–water partition coefficient (Wildman–Crippen LogP) is 4.67. The van der Waals surface area contributed by atoms with Crippen molar-refractivity contribution < 1.29 is 0 Å². The molecule has 0 unspecified atom stereocenters. The molecule has 2 aromatic carbocycles. The number of aliphatic imine (C=N–C) groups is 2. The summed E-state index contributed by atoms with van der Waals surface area (Å²) in [6.07, 6.45) is 1.80. The zero-order valence-corrected chi connectivity index (χ0v) is 10.4. The Hall–Kier alpha value is -1.96. The first-order chi connectivity index (χ1) is 8.20. The second-order valence-electron chi connectivity index (χ2n) is 4.13. The maximum atomic E-state index is 4.53. The Bertz CT molecular complexity index is 591. The van der Waals surface area contributed by atoms with Crippen LogP contribution >= 0.6 is 0 Å².